The second-order valence-electron chi connectivity index (χ2n) is 8.18. The largest absolute Gasteiger partial charge is 0.496 e. The molecular formula is C26H27ClN2O3S. The molecule has 3 aromatic rings. The van der Waals surface area contributed by atoms with Gasteiger partial charge in [-0.05, 0) is 54.6 Å². The molecule has 2 aromatic carbocycles. The molecule has 1 aliphatic rings. The van der Waals surface area contributed by atoms with Crippen molar-refractivity contribution in [2.45, 2.75) is 25.9 Å². The highest BCUT2D eigenvalue weighted by atomic mass is 35.5. The SMILES string of the molecule is COc1ccccc1CN(Cc1cccs1)C(=O)C1CCCN(C(=O)c2ccc(Cl)cc2)C1. The number of benzene rings is 2. The molecule has 0 N–H and O–H groups in total. The fourth-order valence-electron chi connectivity index (χ4n) is 4.24. The molecule has 172 valence electrons. The lowest BCUT2D eigenvalue weighted by Gasteiger charge is -2.35. The van der Waals surface area contributed by atoms with Gasteiger partial charge in [0.05, 0.1) is 19.6 Å². The number of hydrogen-bond donors (Lipinski definition) is 0. The molecule has 0 spiro atoms. The van der Waals surface area contributed by atoms with Gasteiger partial charge in [0, 0.05) is 40.7 Å². The summed E-state index contributed by atoms with van der Waals surface area (Å²) in [6, 6.07) is 18.7. The second kappa shape index (κ2) is 10.9. The molecule has 1 saturated heterocycles. The molecular weight excluding hydrogens is 456 g/mol. The van der Waals surface area contributed by atoms with E-state index in [0.29, 0.717) is 36.8 Å². The Hall–Kier alpha value is -2.83. The van der Waals surface area contributed by atoms with Gasteiger partial charge in [-0.25, -0.2) is 0 Å². The fourth-order valence-corrected chi connectivity index (χ4v) is 5.08. The number of carbonyl (C=O) groups is 2. The lowest BCUT2D eigenvalue weighted by molar-refractivity contribution is -0.138. The molecule has 0 bridgehead atoms. The first kappa shape index (κ1) is 23.3. The van der Waals surface area contributed by atoms with Gasteiger partial charge in [-0.15, -0.1) is 11.3 Å². The van der Waals surface area contributed by atoms with Gasteiger partial charge in [0.2, 0.25) is 5.91 Å². The molecule has 33 heavy (non-hydrogen) atoms. The highest BCUT2D eigenvalue weighted by molar-refractivity contribution is 7.09. The average Bonchev–Trinajstić information content (AvgIpc) is 3.37. The van der Waals surface area contributed by atoms with E-state index < -0.39 is 0 Å². The number of piperidine rings is 1. The Morgan fingerprint density at radius 3 is 2.61 bits per heavy atom. The van der Waals surface area contributed by atoms with Crippen molar-refractivity contribution in [3.63, 3.8) is 0 Å². The molecule has 1 aromatic heterocycles. The maximum absolute atomic E-state index is 13.7. The zero-order valence-electron chi connectivity index (χ0n) is 18.6. The summed E-state index contributed by atoms with van der Waals surface area (Å²) in [5.74, 6) is 0.552. The van der Waals surface area contributed by atoms with Gasteiger partial charge in [0.25, 0.3) is 5.91 Å². The molecule has 0 saturated carbocycles. The maximum Gasteiger partial charge on any atom is 0.253 e. The van der Waals surface area contributed by atoms with Crippen molar-refractivity contribution < 1.29 is 14.3 Å². The van der Waals surface area contributed by atoms with E-state index in [0.717, 1.165) is 29.0 Å². The highest BCUT2D eigenvalue weighted by Crippen LogP contribution is 2.26. The lowest BCUT2D eigenvalue weighted by atomic mass is 9.95. The number of halogens is 1. The molecule has 0 radical (unpaired) electrons. The number of nitrogens with zero attached hydrogens (tertiary/aromatic N) is 2. The topological polar surface area (TPSA) is 49.9 Å². The molecule has 0 aliphatic carbocycles. The Bertz CT molecular complexity index is 1090. The van der Waals surface area contributed by atoms with E-state index in [1.165, 1.54) is 0 Å². The normalized spacial score (nSPS) is 15.8. The van der Waals surface area contributed by atoms with Gasteiger partial charge >= 0.3 is 0 Å². The molecule has 2 amide bonds. The average molecular weight is 483 g/mol. The van der Waals surface area contributed by atoms with E-state index in [1.807, 2.05) is 46.7 Å². The summed E-state index contributed by atoms with van der Waals surface area (Å²) in [7, 11) is 1.64. The third-order valence-corrected chi connectivity index (χ3v) is 7.05. The molecule has 7 heteroatoms. The Kier molecular flexibility index (Phi) is 7.68. The summed E-state index contributed by atoms with van der Waals surface area (Å²) in [5.41, 5.74) is 1.56. The second-order valence-corrected chi connectivity index (χ2v) is 9.65. The Balaban J connectivity index is 1.52. The quantitative estimate of drug-likeness (QED) is 0.447. The van der Waals surface area contributed by atoms with Crippen molar-refractivity contribution in [3.8, 4) is 5.75 Å². The summed E-state index contributed by atoms with van der Waals surface area (Å²) in [4.78, 5) is 31.5. The van der Waals surface area contributed by atoms with Crippen LogP contribution in [0, 0.1) is 5.92 Å². The van der Waals surface area contributed by atoms with Crippen LogP contribution in [0.15, 0.2) is 66.0 Å². The third kappa shape index (κ3) is 5.75. The molecule has 2 heterocycles. The number of amides is 2. The van der Waals surface area contributed by atoms with Crippen LogP contribution in [0.4, 0.5) is 0 Å². The summed E-state index contributed by atoms with van der Waals surface area (Å²) < 4.78 is 5.51. The number of ether oxygens (including phenoxy) is 1. The minimum atomic E-state index is -0.232. The van der Waals surface area contributed by atoms with Gasteiger partial charge < -0.3 is 14.5 Å². The first-order chi connectivity index (χ1) is 16.0. The molecule has 1 fully saturated rings. The van der Waals surface area contributed by atoms with Gasteiger partial charge in [0.15, 0.2) is 0 Å². The number of methoxy groups -OCH3 is 1. The Morgan fingerprint density at radius 2 is 1.88 bits per heavy atom. The Labute approximate surface area is 203 Å². The van der Waals surface area contributed by atoms with E-state index in [4.69, 9.17) is 16.3 Å². The predicted octanol–water partition coefficient (Wildman–Crippen LogP) is 5.49. The smallest absolute Gasteiger partial charge is 0.253 e. The van der Waals surface area contributed by atoms with Crippen molar-refractivity contribution in [2.24, 2.45) is 5.92 Å². The van der Waals surface area contributed by atoms with Crippen LogP contribution < -0.4 is 4.74 Å². The fraction of sp³-hybridized carbons (Fsp3) is 0.308. The maximum atomic E-state index is 13.7. The van der Waals surface area contributed by atoms with Crippen molar-refractivity contribution in [3.05, 3.63) is 87.1 Å². The first-order valence-electron chi connectivity index (χ1n) is 11.0. The van der Waals surface area contributed by atoms with Crippen LogP contribution >= 0.6 is 22.9 Å². The number of likely N-dealkylation sites (tertiary alicyclic amines) is 1. The third-order valence-electron chi connectivity index (χ3n) is 5.94. The van der Waals surface area contributed by atoms with Gasteiger partial charge in [0.1, 0.15) is 5.75 Å². The van der Waals surface area contributed by atoms with E-state index >= 15 is 0 Å². The van der Waals surface area contributed by atoms with E-state index in [-0.39, 0.29) is 17.7 Å². The van der Waals surface area contributed by atoms with Crippen molar-refractivity contribution >= 4 is 34.8 Å². The molecule has 5 nitrogen and oxygen atoms in total. The van der Waals surface area contributed by atoms with Crippen LogP contribution in [0.2, 0.25) is 5.02 Å². The van der Waals surface area contributed by atoms with E-state index in [2.05, 4.69) is 0 Å². The number of hydrogen-bond acceptors (Lipinski definition) is 4. The van der Waals surface area contributed by atoms with Crippen LogP contribution in [0.1, 0.15) is 33.6 Å². The van der Waals surface area contributed by atoms with Crippen LogP contribution in [0.25, 0.3) is 0 Å². The monoisotopic (exact) mass is 482 g/mol. The zero-order chi connectivity index (χ0) is 23.2. The van der Waals surface area contributed by atoms with Crippen molar-refractivity contribution in [1.82, 2.24) is 9.80 Å². The minimum Gasteiger partial charge on any atom is -0.496 e. The van der Waals surface area contributed by atoms with Gasteiger partial charge in [-0.2, -0.15) is 0 Å². The van der Waals surface area contributed by atoms with Crippen LogP contribution in [0.5, 0.6) is 5.75 Å². The summed E-state index contributed by atoms with van der Waals surface area (Å²) in [6.07, 6.45) is 1.58. The predicted molar refractivity (Wildman–Crippen MR) is 132 cm³/mol. The molecule has 1 aliphatic heterocycles. The number of rotatable bonds is 7. The number of para-hydroxylation sites is 1. The van der Waals surface area contributed by atoms with Crippen LogP contribution in [-0.4, -0.2) is 41.8 Å². The summed E-state index contributed by atoms with van der Waals surface area (Å²) >= 11 is 7.60. The standard InChI is InChI=1S/C26H27ClN2O3S/c1-32-24-9-3-2-6-20(24)16-29(18-23-8-5-15-33-23)26(31)21-7-4-14-28(17-21)25(30)19-10-12-22(27)13-11-19/h2-3,5-6,8-13,15,21H,4,7,14,16-18H2,1H3. The van der Waals surface area contributed by atoms with Crippen LogP contribution in [-0.2, 0) is 17.9 Å². The zero-order valence-corrected chi connectivity index (χ0v) is 20.1. The highest BCUT2D eigenvalue weighted by Gasteiger charge is 2.32. The minimum absolute atomic E-state index is 0.0568. The first-order valence-corrected chi connectivity index (χ1v) is 12.3. The van der Waals surface area contributed by atoms with E-state index in [1.54, 1.807) is 47.6 Å². The van der Waals surface area contributed by atoms with Crippen molar-refractivity contribution in [1.29, 1.82) is 0 Å². The molecule has 1 unspecified atom stereocenters. The Morgan fingerprint density at radius 1 is 1.09 bits per heavy atom. The lowest BCUT2D eigenvalue weighted by Crippen LogP contribution is -2.46. The van der Waals surface area contributed by atoms with Gasteiger partial charge in [-0.1, -0.05) is 35.9 Å². The van der Waals surface area contributed by atoms with Gasteiger partial charge in [-0.3, -0.25) is 9.59 Å². The summed E-state index contributed by atoms with van der Waals surface area (Å²) in [5, 5.41) is 2.62. The number of thiophene rings is 1. The van der Waals surface area contributed by atoms with Crippen molar-refractivity contribution in [2.75, 3.05) is 20.2 Å². The van der Waals surface area contributed by atoms with E-state index in [9.17, 15) is 9.59 Å². The van der Waals surface area contributed by atoms with Crippen LogP contribution in [0.3, 0.4) is 0 Å². The summed E-state index contributed by atoms with van der Waals surface area (Å²) in [6.45, 7) is 2.08. The number of carbonyl (C=O) groups excluding carboxylic acids is 2. The molecule has 4 rings (SSSR count). The molecule has 1 atom stereocenters.